The summed E-state index contributed by atoms with van der Waals surface area (Å²) in [5.41, 5.74) is 1.96. The fourth-order valence-corrected chi connectivity index (χ4v) is 3.43. The van der Waals surface area contributed by atoms with Gasteiger partial charge < -0.3 is 4.90 Å². The second-order valence-corrected chi connectivity index (χ2v) is 6.65. The zero-order chi connectivity index (χ0) is 17.8. The minimum atomic E-state index is 0.0619. The number of rotatable bonds is 4. The first-order valence-electron chi connectivity index (χ1n) is 8.94. The highest BCUT2D eigenvalue weighted by Crippen LogP contribution is 2.22. The van der Waals surface area contributed by atoms with Gasteiger partial charge in [-0.2, -0.15) is 5.10 Å². The van der Waals surface area contributed by atoms with E-state index in [1.54, 1.807) is 17.1 Å². The Morgan fingerprint density at radius 1 is 1.08 bits per heavy atom. The lowest BCUT2D eigenvalue weighted by atomic mass is 9.90. The molecule has 0 bridgehead atoms. The number of piperidine rings is 1. The molecule has 132 valence electrons. The molecule has 1 aliphatic heterocycles. The zero-order valence-corrected chi connectivity index (χ0v) is 14.5. The quantitative estimate of drug-likeness (QED) is 0.728. The molecule has 6 nitrogen and oxygen atoms in total. The predicted molar refractivity (Wildman–Crippen MR) is 97.9 cm³/mol. The molecule has 0 saturated carbocycles. The molecule has 4 heterocycles. The van der Waals surface area contributed by atoms with Gasteiger partial charge in [0.15, 0.2) is 5.82 Å². The van der Waals surface area contributed by atoms with E-state index in [9.17, 15) is 4.79 Å². The van der Waals surface area contributed by atoms with Crippen LogP contribution in [0.3, 0.4) is 0 Å². The van der Waals surface area contributed by atoms with Gasteiger partial charge in [-0.25, -0.2) is 9.67 Å². The summed E-state index contributed by atoms with van der Waals surface area (Å²) in [4.78, 5) is 23.1. The molecule has 4 rings (SSSR count). The number of aromatic nitrogens is 4. The fraction of sp³-hybridized carbons (Fsp3) is 0.300. The Hall–Kier alpha value is -3.02. The van der Waals surface area contributed by atoms with Crippen LogP contribution in [0, 0.1) is 5.92 Å². The van der Waals surface area contributed by atoms with E-state index in [0.29, 0.717) is 17.3 Å². The molecule has 0 atom stereocenters. The highest BCUT2D eigenvalue weighted by atomic mass is 16.2. The van der Waals surface area contributed by atoms with Gasteiger partial charge in [-0.05, 0) is 61.1 Å². The average Bonchev–Trinajstić information content (AvgIpc) is 3.24. The number of likely N-dealkylation sites (tertiary alicyclic amines) is 1. The van der Waals surface area contributed by atoms with E-state index >= 15 is 0 Å². The van der Waals surface area contributed by atoms with Crippen LogP contribution in [0.25, 0.3) is 5.82 Å². The molecule has 0 aliphatic carbocycles. The van der Waals surface area contributed by atoms with E-state index in [4.69, 9.17) is 0 Å². The number of hydrogen-bond donors (Lipinski definition) is 0. The van der Waals surface area contributed by atoms with Gasteiger partial charge in [0.2, 0.25) is 0 Å². The minimum Gasteiger partial charge on any atom is -0.339 e. The Morgan fingerprint density at radius 3 is 2.54 bits per heavy atom. The standard InChI is InChI=1S/C20H21N5O/c26-20(18-2-3-19(22-15-18)25-11-1-8-23-25)24-12-6-17(7-13-24)14-16-4-9-21-10-5-16/h1-5,8-11,15,17H,6-7,12-14H2. The maximum Gasteiger partial charge on any atom is 0.255 e. The van der Waals surface area contributed by atoms with Crippen molar-refractivity contribution in [3.8, 4) is 5.82 Å². The third-order valence-corrected chi connectivity index (χ3v) is 4.91. The maximum atomic E-state index is 12.7. The lowest BCUT2D eigenvalue weighted by Gasteiger charge is -2.32. The van der Waals surface area contributed by atoms with E-state index in [2.05, 4.69) is 27.2 Å². The number of pyridine rings is 2. The van der Waals surface area contributed by atoms with Gasteiger partial charge >= 0.3 is 0 Å². The van der Waals surface area contributed by atoms with Crippen molar-refractivity contribution in [3.63, 3.8) is 0 Å². The summed E-state index contributed by atoms with van der Waals surface area (Å²) in [5, 5.41) is 4.15. The molecule has 6 heteroatoms. The molecule has 1 aliphatic rings. The average molecular weight is 347 g/mol. The normalized spacial score (nSPS) is 15.2. The minimum absolute atomic E-state index is 0.0619. The molecule has 3 aromatic rings. The summed E-state index contributed by atoms with van der Waals surface area (Å²) in [5.74, 6) is 1.40. The smallest absolute Gasteiger partial charge is 0.255 e. The van der Waals surface area contributed by atoms with Crippen molar-refractivity contribution in [2.45, 2.75) is 19.3 Å². The monoisotopic (exact) mass is 347 g/mol. The van der Waals surface area contributed by atoms with Crippen LogP contribution in [-0.2, 0) is 6.42 Å². The highest BCUT2D eigenvalue weighted by Gasteiger charge is 2.24. The number of hydrogen-bond acceptors (Lipinski definition) is 4. The lowest BCUT2D eigenvalue weighted by Crippen LogP contribution is -2.39. The van der Waals surface area contributed by atoms with E-state index in [0.717, 1.165) is 32.4 Å². The molecule has 0 N–H and O–H groups in total. The lowest BCUT2D eigenvalue weighted by molar-refractivity contribution is 0.0690. The topological polar surface area (TPSA) is 63.9 Å². The largest absolute Gasteiger partial charge is 0.339 e. The van der Waals surface area contributed by atoms with Crippen molar-refractivity contribution in [1.82, 2.24) is 24.6 Å². The van der Waals surface area contributed by atoms with Crippen LogP contribution in [0.4, 0.5) is 0 Å². The first kappa shape index (κ1) is 16.4. The molecule has 0 spiro atoms. The molecule has 0 unspecified atom stereocenters. The van der Waals surface area contributed by atoms with Gasteiger partial charge in [-0.1, -0.05) is 0 Å². The summed E-state index contributed by atoms with van der Waals surface area (Å²) in [6.07, 6.45) is 12.0. The second-order valence-electron chi connectivity index (χ2n) is 6.65. The molecule has 0 radical (unpaired) electrons. The van der Waals surface area contributed by atoms with Gasteiger partial charge in [0.1, 0.15) is 0 Å². The van der Waals surface area contributed by atoms with Crippen LogP contribution in [0.15, 0.2) is 61.3 Å². The third kappa shape index (κ3) is 3.64. The van der Waals surface area contributed by atoms with Gasteiger partial charge in [0.25, 0.3) is 5.91 Å². The molecular weight excluding hydrogens is 326 g/mol. The van der Waals surface area contributed by atoms with E-state index in [1.807, 2.05) is 41.7 Å². The van der Waals surface area contributed by atoms with Crippen LogP contribution in [0.2, 0.25) is 0 Å². The van der Waals surface area contributed by atoms with Crippen molar-refractivity contribution in [2.75, 3.05) is 13.1 Å². The van der Waals surface area contributed by atoms with Crippen LogP contribution < -0.4 is 0 Å². The predicted octanol–water partition coefficient (Wildman–Crippen LogP) is 2.76. The Kier molecular flexibility index (Phi) is 4.73. The van der Waals surface area contributed by atoms with Crippen LogP contribution in [-0.4, -0.2) is 43.6 Å². The Balaban J connectivity index is 1.34. The van der Waals surface area contributed by atoms with Crippen LogP contribution in [0.5, 0.6) is 0 Å². The highest BCUT2D eigenvalue weighted by molar-refractivity contribution is 5.94. The number of carbonyl (C=O) groups is 1. The summed E-state index contributed by atoms with van der Waals surface area (Å²) >= 11 is 0. The number of amides is 1. The fourth-order valence-electron chi connectivity index (χ4n) is 3.43. The molecule has 0 aromatic carbocycles. The Morgan fingerprint density at radius 2 is 1.88 bits per heavy atom. The van der Waals surface area contributed by atoms with Crippen molar-refractivity contribution in [2.24, 2.45) is 5.92 Å². The van der Waals surface area contributed by atoms with Crippen LogP contribution in [0.1, 0.15) is 28.8 Å². The Labute approximate surface area is 152 Å². The molecule has 26 heavy (non-hydrogen) atoms. The third-order valence-electron chi connectivity index (χ3n) is 4.91. The van der Waals surface area contributed by atoms with Gasteiger partial charge in [-0.3, -0.25) is 9.78 Å². The van der Waals surface area contributed by atoms with Crippen molar-refractivity contribution < 1.29 is 4.79 Å². The molecule has 1 amide bonds. The number of nitrogens with zero attached hydrogens (tertiary/aromatic N) is 5. The van der Waals surface area contributed by atoms with E-state index < -0.39 is 0 Å². The number of carbonyl (C=O) groups excluding carboxylic acids is 1. The zero-order valence-electron chi connectivity index (χ0n) is 14.5. The molecule has 1 saturated heterocycles. The van der Waals surface area contributed by atoms with Gasteiger partial charge in [0.05, 0.1) is 5.56 Å². The summed E-state index contributed by atoms with van der Waals surface area (Å²) in [7, 11) is 0. The second kappa shape index (κ2) is 7.47. The Bertz CT molecular complexity index is 838. The van der Waals surface area contributed by atoms with Crippen molar-refractivity contribution >= 4 is 5.91 Å². The summed E-state index contributed by atoms with van der Waals surface area (Å²) in [6.45, 7) is 1.60. The van der Waals surface area contributed by atoms with Gasteiger partial charge in [-0.15, -0.1) is 0 Å². The van der Waals surface area contributed by atoms with Gasteiger partial charge in [0, 0.05) is 44.1 Å². The van der Waals surface area contributed by atoms with Crippen molar-refractivity contribution in [3.05, 3.63) is 72.4 Å². The maximum absolute atomic E-state index is 12.7. The van der Waals surface area contributed by atoms with Crippen molar-refractivity contribution in [1.29, 1.82) is 0 Å². The SMILES string of the molecule is O=C(c1ccc(-n2cccn2)nc1)N1CCC(Cc2ccncc2)CC1. The summed E-state index contributed by atoms with van der Waals surface area (Å²) in [6, 6.07) is 9.65. The van der Waals surface area contributed by atoms with E-state index in [-0.39, 0.29) is 5.91 Å². The summed E-state index contributed by atoms with van der Waals surface area (Å²) < 4.78 is 1.68. The first-order chi connectivity index (χ1) is 12.8. The first-order valence-corrected chi connectivity index (χ1v) is 8.94. The molecular formula is C20H21N5O. The van der Waals surface area contributed by atoms with Crippen LogP contribution >= 0.6 is 0 Å². The van der Waals surface area contributed by atoms with E-state index in [1.165, 1.54) is 5.56 Å². The molecule has 1 fully saturated rings. The molecule has 3 aromatic heterocycles.